The summed E-state index contributed by atoms with van der Waals surface area (Å²) in [6, 6.07) is 6.30. The van der Waals surface area contributed by atoms with Crippen molar-refractivity contribution < 1.29 is 24.3 Å². The van der Waals surface area contributed by atoms with Crippen LogP contribution in [0.25, 0.3) is 0 Å². The highest BCUT2D eigenvalue weighted by atomic mass is 127. The van der Waals surface area contributed by atoms with E-state index in [-0.39, 0.29) is 5.84 Å². The number of amides is 1. The number of nitrogens with one attached hydrogen (secondary N) is 1. The molecule has 0 spiro atoms. The van der Waals surface area contributed by atoms with E-state index in [1.807, 2.05) is 24.3 Å². The van der Waals surface area contributed by atoms with Crippen molar-refractivity contribution in [3.05, 3.63) is 33.4 Å². The third-order valence-electron chi connectivity index (χ3n) is 2.71. The van der Waals surface area contributed by atoms with E-state index in [4.69, 9.17) is 10.5 Å². The average molecular weight is 463 g/mol. The van der Waals surface area contributed by atoms with Crippen molar-refractivity contribution in [2.24, 2.45) is 10.9 Å². The molecule has 8 nitrogen and oxygen atoms in total. The number of aliphatic hydroxyl groups is 1. The molecule has 1 aromatic carbocycles. The fourth-order valence-electron chi connectivity index (χ4n) is 1.64. The van der Waals surface area contributed by atoms with Gasteiger partial charge in [-0.3, -0.25) is 0 Å². The van der Waals surface area contributed by atoms with E-state index in [1.165, 1.54) is 0 Å². The Hall–Kier alpha value is -1.88. The van der Waals surface area contributed by atoms with Crippen LogP contribution in [-0.2, 0) is 20.8 Å². The van der Waals surface area contributed by atoms with E-state index in [1.54, 1.807) is 20.8 Å². The molecule has 0 aromatic heterocycles. The summed E-state index contributed by atoms with van der Waals surface area (Å²) in [5.74, 6) is -0.859. The molecule has 9 heteroatoms. The van der Waals surface area contributed by atoms with Crippen LogP contribution in [0.15, 0.2) is 29.4 Å². The van der Waals surface area contributed by atoms with Crippen molar-refractivity contribution in [3.63, 3.8) is 0 Å². The molecule has 0 unspecified atom stereocenters. The zero-order valence-corrected chi connectivity index (χ0v) is 16.4. The van der Waals surface area contributed by atoms with Crippen LogP contribution in [0.3, 0.4) is 0 Å². The standard InChI is InChI=1S/C16H22IN3O5/c1-16(2,3)24-15(23)19-12(9-21)14(22)25-20-13(18)8-10-4-6-11(17)7-5-10/h4-7,12,21H,8-9H2,1-3H3,(H2,18,20)(H,19,23)/t12-/m0/s1. The number of nitrogens with zero attached hydrogens (tertiary/aromatic N) is 1. The smallest absolute Gasteiger partial charge is 0.408 e. The maximum Gasteiger partial charge on any atom is 0.408 e. The second-order valence-electron chi connectivity index (χ2n) is 6.18. The normalized spacial score (nSPS) is 13.1. The number of rotatable bonds is 6. The molecule has 4 N–H and O–H groups in total. The molecule has 0 fully saturated rings. The topological polar surface area (TPSA) is 123 Å². The lowest BCUT2D eigenvalue weighted by Gasteiger charge is -2.21. The minimum atomic E-state index is -1.30. The van der Waals surface area contributed by atoms with Crippen LogP contribution in [0.2, 0.25) is 0 Å². The van der Waals surface area contributed by atoms with E-state index in [2.05, 4.69) is 37.9 Å². The van der Waals surface area contributed by atoms with Gasteiger partial charge in [-0.05, 0) is 61.1 Å². The van der Waals surface area contributed by atoms with Crippen molar-refractivity contribution in [1.82, 2.24) is 5.32 Å². The Morgan fingerprint density at radius 2 is 1.92 bits per heavy atom. The number of aliphatic hydroxyl groups excluding tert-OH is 1. The van der Waals surface area contributed by atoms with E-state index in [0.29, 0.717) is 6.42 Å². The van der Waals surface area contributed by atoms with Crippen LogP contribution < -0.4 is 11.1 Å². The molecule has 0 saturated heterocycles. The van der Waals surface area contributed by atoms with Gasteiger partial charge in [-0.2, -0.15) is 0 Å². The van der Waals surface area contributed by atoms with Crippen LogP contribution in [0.1, 0.15) is 26.3 Å². The lowest BCUT2D eigenvalue weighted by molar-refractivity contribution is -0.147. The Balaban J connectivity index is 2.56. The molecule has 138 valence electrons. The quantitative estimate of drug-likeness (QED) is 0.193. The number of carbonyl (C=O) groups is 2. The maximum atomic E-state index is 11.9. The minimum absolute atomic E-state index is 0.0866. The average Bonchev–Trinajstić information content (AvgIpc) is 2.51. The molecule has 0 heterocycles. The summed E-state index contributed by atoms with van der Waals surface area (Å²) >= 11 is 2.18. The molecular weight excluding hydrogens is 441 g/mol. The van der Waals surface area contributed by atoms with Gasteiger partial charge in [0.05, 0.1) is 6.61 Å². The molecule has 1 rings (SSSR count). The van der Waals surface area contributed by atoms with E-state index in [9.17, 15) is 14.7 Å². The van der Waals surface area contributed by atoms with Crippen LogP contribution in [0.4, 0.5) is 4.79 Å². The molecule has 0 aliphatic rings. The Labute approximate surface area is 159 Å². The highest BCUT2D eigenvalue weighted by Gasteiger charge is 2.25. The number of halogens is 1. The SMILES string of the molecule is CC(C)(C)OC(=O)N[C@@H](CO)C(=O)O/N=C(\N)Cc1ccc(I)cc1. The number of oxime groups is 1. The lowest BCUT2D eigenvalue weighted by Crippen LogP contribution is -2.46. The zero-order chi connectivity index (χ0) is 19.0. The van der Waals surface area contributed by atoms with Crippen LogP contribution >= 0.6 is 22.6 Å². The van der Waals surface area contributed by atoms with Gasteiger partial charge in [0.2, 0.25) is 0 Å². The molecule has 0 aliphatic heterocycles. The van der Waals surface area contributed by atoms with Gasteiger partial charge in [0.1, 0.15) is 11.4 Å². The maximum absolute atomic E-state index is 11.9. The second-order valence-corrected chi connectivity index (χ2v) is 7.42. The molecule has 0 radical (unpaired) electrons. The fraction of sp³-hybridized carbons (Fsp3) is 0.438. The summed E-state index contributed by atoms with van der Waals surface area (Å²) in [5.41, 5.74) is 5.89. The highest BCUT2D eigenvalue weighted by molar-refractivity contribution is 14.1. The molecule has 1 atom stereocenters. The van der Waals surface area contributed by atoms with Gasteiger partial charge in [-0.25, -0.2) is 9.59 Å². The molecule has 0 aliphatic carbocycles. The van der Waals surface area contributed by atoms with Gasteiger partial charge in [0, 0.05) is 9.99 Å². The van der Waals surface area contributed by atoms with E-state index in [0.717, 1.165) is 9.13 Å². The van der Waals surface area contributed by atoms with E-state index < -0.39 is 30.3 Å². The predicted molar refractivity (Wildman–Crippen MR) is 101 cm³/mol. The minimum Gasteiger partial charge on any atom is -0.444 e. The lowest BCUT2D eigenvalue weighted by atomic mass is 10.1. The summed E-state index contributed by atoms with van der Waals surface area (Å²) in [7, 11) is 0. The van der Waals surface area contributed by atoms with Crippen LogP contribution in [-0.4, -0.2) is 41.3 Å². The Kier molecular flexibility index (Phi) is 8.10. The van der Waals surface area contributed by atoms with Crippen molar-refractivity contribution >= 4 is 40.5 Å². The van der Waals surface area contributed by atoms with Crippen LogP contribution in [0.5, 0.6) is 0 Å². The van der Waals surface area contributed by atoms with Crippen molar-refractivity contribution in [2.75, 3.05) is 6.61 Å². The van der Waals surface area contributed by atoms with E-state index >= 15 is 0 Å². The first kappa shape index (κ1) is 21.2. The van der Waals surface area contributed by atoms with Gasteiger partial charge in [0.25, 0.3) is 0 Å². The summed E-state index contributed by atoms with van der Waals surface area (Å²) in [5, 5.41) is 15.0. The highest BCUT2D eigenvalue weighted by Crippen LogP contribution is 2.08. The molecule has 25 heavy (non-hydrogen) atoms. The molecular formula is C16H22IN3O5. The van der Waals surface area contributed by atoms with Gasteiger partial charge in [0.15, 0.2) is 6.04 Å². The zero-order valence-electron chi connectivity index (χ0n) is 14.3. The van der Waals surface area contributed by atoms with Crippen molar-refractivity contribution in [3.8, 4) is 0 Å². The predicted octanol–water partition coefficient (Wildman–Crippen LogP) is 1.53. The van der Waals surface area contributed by atoms with Crippen molar-refractivity contribution in [2.45, 2.75) is 38.8 Å². The number of nitrogens with two attached hydrogens (primary N) is 1. The van der Waals surface area contributed by atoms with Gasteiger partial charge >= 0.3 is 12.1 Å². The molecule has 0 saturated carbocycles. The third-order valence-corrected chi connectivity index (χ3v) is 3.43. The Morgan fingerprint density at radius 1 is 1.32 bits per heavy atom. The number of ether oxygens (including phenoxy) is 1. The Morgan fingerprint density at radius 3 is 2.44 bits per heavy atom. The van der Waals surface area contributed by atoms with Crippen LogP contribution in [0, 0.1) is 3.57 Å². The number of hydrogen-bond donors (Lipinski definition) is 3. The fourth-order valence-corrected chi connectivity index (χ4v) is 2.00. The summed E-state index contributed by atoms with van der Waals surface area (Å²) in [4.78, 5) is 28.2. The number of benzene rings is 1. The first-order chi connectivity index (χ1) is 11.6. The number of hydrogen-bond acceptors (Lipinski definition) is 6. The van der Waals surface area contributed by atoms with Gasteiger partial charge in [-0.1, -0.05) is 17.3 Å². The van der Waals surface area contributed by atoms with Gasteiger partial charge in [-0.15, -0.1) is 0 Å². The molecule has 0 bridgehead atoms. The first-order valence-electron chi connectivity index (χ1n) is 7.48. The molecule has 1 amide bonds. The van der Waals surface area contributed by atoms with Crippen molar-refractivity contribution in [1.29, 1.82) is 0 Å². The number of alkyl carbamates (subject to hydrolysis) is 1. The summed E-state index contributed by atoms with van der Waals surface area (Å²) < 4.78 is 6.09. The third kappa shape index (κ3) is 8.68. The summed E-state index contributed by atoms with van der Waals surface area (Å²) in [6.45, 7) is 4.36. The largest absolute Gasteiger partial charge is 0.444 e. The Bertz CT molecular complexity index is 626. The second kappa shape index (κ2) is 9.56. The molecule has 1 aromatic rings. The van der Waals surface area contributed by atoms with Gasteiger partial charge < -0.3 is 25.7 Å². The number of amidine groups is 1. The summed E-state index contributed by atoms with van der Waals surface area (Å²) in [6.07, 6.45) is -0.549. The number of carbonyl (C=O) groups excluding carboxylic acids is 2. The first-order valence-corrected chi connectivity index (χ1v) is 8.56. The monoisotopic (exact) mass is 463 g/mol.